The van der Waals surface area contributed by atoms with Crippen molar-refractivity contribution in [1.82, 2.24) is 20.4 Å². The Kier molecular flexibility index (Phi) is 8.14. The van der Waals surface area contributed by atoms with Crippen molar-refractivity contribution in [2.45, 2.75) is 33.7 Å². The Labute approximate surface area is 123 Å². The maximum atomic E-state index is 4.33. The molecule has 0 fully saturated rings. The van der Waals surface area contributed by atoms with Crippen molar-refractivity contribution < 1.29 is 0 Å². The second-order valence-electron chi connectivity index (χ2n) is 4.87. The Morgan fingerprint density at radius 1 is 1.00 bits per heavy atom. The van der Waals surface area contributed by atoms with Gasteiger partial charge in [0.15, 0.2) is 5.82 Å². The molecule has 0 saturated carbocycles. The van der Waals surface area contributed by atoms with Crippen LogP contribution < -0.4 is 10.2 Å². The van der Waals surface area contributed by atoms with Gasteiger partial charge < -0.3 is 15.1 Å². The van der Waals surface area contributed by atoms with E-state index >= 15 is 0 Å². The third-order valence-corrected chi connectivity index (χ3v) is 3.57. The monoisotopic (exact) mass is 279 g/mol. The van der Waals surface area contributed by atoms with Gasteiger partial charge in [-0.05, 0) is 52.2 Å². The van der Waals surface area contributed by atoms with E-state index in [9.17, 15) is 0 Å². The molecule has 0 saturated heterocycles. The van der Waals surface area contributed by atoms with Gasteiger partial charge >= 0.3 is 0 Å². The zero-order valence-corrected chi connectivity index (χ0v) is 13.4. The van der Waals surface area contributed by atoms with Gasteiger partial charge in [-0.1, -0.05) is 13.8 Å². The minimum absolute atomic E-state index is 0.765. The van der Waals surface area contributed by atoms with E-state index in [1.807, 2.05) is 13.1 Å². The van der Waals surface area contributed by atoms with E-state index in [1.54, 1.807) is 0 Å². The molecule has 0 aliphatic heterocycles. The van der Waals surface area contributed by atoms with Crippen LogP contribution in [0, 0.1) is 0 Å². The second kappa shape index (κ2) is 9.66. The number of nitrogens with one attached hydrogen (secondary N) is 1. The molecule has 0 aliphatic rings. The molecule has 0 radical (unpaired) electrons. The molecule has 0 aliphatic carbocycles. The van der Waals surface area contributed by atoms with Crippen molar-refractivity contribution in [1.29, 1.82) is 0 Å². The van der Waals surface area contributed by atoms with Gasteiger partial charge in [0, 0.05) is 19.6 Å². The molecule has 114 valence electrons. The summed E-state index contributed by atoms with van der Waals surface area (Å²) in [7, 11) is 1.92. The van der Waals surface area contributed by atoms with Crippen LogP contribution in [-0.2, 0) is 6.54 Å². The van der Waals surface area contributed by atoms with Gasteiger partial charge in [-0.2, -0.15) is 5.10 Å². The molecular weight excluding hydrogens is 250 g/mol. The average molecular weight is 279 g/mol. The first kappa shape index (κ1) is 16.9. The molecule has 0 bridgehead atoms. The van der Waals surface area contributed by atoms with Crippen molar-refractivity contribution in [3.05, 3.63) is 17.8 Å². The third kappa shape index (κ3) is 5.43. The largest absolute Gasteiger partial charge is 0.355 e. The highest BCUT2D eigenvalue weighted by Crippen LogP contribution is 2.10. The van der Waals surface area contributed by atoms with Gasteiger partial charge in [0.05, 0.1) is 5.69 Å². The summed E-state index contributed by atoms with van der Waals surface area (Å²) >= 11 is 0. The third-order valence-electron chi connectivity index (χ3n) is 3.57. The second-order valence-corrected chi connectivity index (χ2v) is 4.87. The topological polar surface area (TPSA) is 44.3 Å². The predicted octanol–water partition coefficient (Wildman–Crippen LogP) is 1.75. The average Bonchev–Trinajstić information content (AvgIpc) is 2.49. The number of hydrogen-bond acceptors (Lipinski definition) is 5. The van der Waals surface area contributed by atoms with Crippen LogP contribution in [0.2, 0.25) is 0 Å². The highest BCUT2D eigenvalue weighted by atomic mass is 15.3. The fraction of sp³-hybridized carbons (Fsp3) is 0.733. The SMILES string of the molecule is CCN(CC)CCCN(CC)c1ccc(CNC)nn1. The van der Waals surface area contributed by atoms with Crippen molar-refractivity contribution in [3.8, 4) is 0 Å². The molecule has 1 rings (SSSR count). The Morgan fingerprint density at radius 3 is 2.25 bits per heavy atom. The number of hydrogen-bond donors (Lipinski definition) is 1. The van der Waals surface area contributed by atoms with Crippen LogP contribution in [0.15, 0.2) is 12.1 Å². The minimum atomic E-state index is 0.765. The molecule has 1 aromatic heterocycles. The Hall–Kier alpha value is -1.20. The highest BCUT2D eigenvalue weighted by Gasteiger charge is 2.07. The minimum Gasteiger partial charge on any atom is -0.355 e. The first-order valence-electron chi connectivity index (χ1n) is 7.69. The quantitative estimate of drug-likeness (QED) is 0.707. The van der Waals surface area contributed by atoms with E-state index < -0.39 is 0 Å². The molecule has 0 atom stereocenters. The lowest BCUT2D eigenvalue weighted by Crippen LogP contribution is -2.30. The fourth-order valence-electron chi connectivity index (χ4n) is 2.26. The Bertz CT molecular complexity index is 348. The zero-order chi connectivity index (χ0) is 14.8. The van der Waals surface area contributed by atoms with E-state index in [1.165, 1.54) is 0 Å². The molecule has 1 aromatic rings. The molecule has 0 amide bonds. The summed E-state index contributed by atoms with van der Waals surface area (Å²) in [5.41, 5.74) is 0.982. The molecule has 1 N–H and O–H groups in total. The van der Waals surface area contributed by atoms with Crippen molar-refractivity contribution in [2.24, 2.45) is 0 Å². The lowest BCUT2D eigenvalue weighted by molar-refractivity contribution is 0.300. The standard InChI is InChI=1S/C15H29N5/c1-5-19(6-2)11-8-12-20(7-3)15-10-9-14(13-16-4)17-18-15/h9-10,16H,5-8,11-13H2,1-4H3. The molecular formula is C15H29N5. The molecule has 20 heavy (non-hydrogen) atoms. The van der Waals surface area contributed by atoms with Gasteiger partial charge in [-0.3, -0.25) is 0 Å². The number of rotatable bonds is 10. The maximum absolute atomic E-state index is 4.33. The zero-order valence-electron chi connectivity index (χ0n) is 13.4. The van der Waals surface area contributed by atoms with Crippen LogP contribution in [-0.4, -0.2) is 54.9 Å². The van der Waals surface area contributed by atoms with Gasteiger partial charge in [-0.15, -0.1) is 5.10 Å². The van der Waals surface area contributed by atoms with Crippen molar-refractivity contribution in [3.63, 3.8) is 0 Å². The van der Waals surface area contributed by atoms with Gasteiger partial charge in [-0.25, -0.2) is 0 Å². The van der Waals surface area contributed by atoms with E-state index in [2.05, 4.69) is 52.2 Å². The van der Waals surface area contributed by atoms with Gasteiger partial charge in [0.2, 0.25) is 0 Å². The highest BCUT2D eigenvalue weighted by molar-refractivity contribution is 5.36. The maximum Gasteiger partial charge on any atom is 0.151 e. The summed E-state index contributed by atoms with van der Waals surface area (Å²) < 4.78 is 0. The van der Waals surface area contributed by atoms with Crippen LogP contribution in [0.25, 0.3) is 0 Å². The summed E-state index contributed by atoms with van der Waals surface area (Å²) in [6.07, 6.45) is 1.16. The van der Waals surface area contributed by atoms with Crippen LogP contribution in [0.5, 0.6) is 0 Å². The lowest BCUT2D eigenvalue weighted by Gasteiger charge is -2.24. The summed E-state index contributed by atoms with van der Waals surface area (Å²) in [4.78, 5) is 4.75. The van der Waals surface area contributed by atoms with Crippen LogP contribution in [0.3, 0.4) is 0 Å². The molecule has 5 heteroatoms. The Balaban J connectivity index is 2.48. The van der Waals surface area contributed by atoms with E-state index in [-0.39, 0.29) is 0 Å². The number of nitrogens with zero attached hydrogens (tertiary/aromatic N) is 4. The summed E-state index contributed by atoms with van der Waals surface area (Å²) in [5, 5.41) is 11.7. The van der Waals surface area contributed by atoms with E-state index in [4.69, 9.17) is 0 Å². The molecule has 5 nitrogen and oxygen atoms in total. The first-order chi connectivity index (χ1) is 9.74. The fourth-order valence-corrected chi connectivity index (χ4v) is 2.26. The summed E-state index contributed by atoms with van der Waals surface area (Å²) in [6, 6.07) is 4.12. The van der Waals surface area contributed by atoms with E-state index in [0.29, 0.717) is 0 Å². The van der Waals surface area contributed by atoms with Crippen LogP contribution in [0.1, 0.15) is 32.9 Å². The predicted molar refractivity (Wildman–Crippen MR) is 85.1 cm³/mol. The smallest absolute Gasteiger partial charge is 0.151 e. The molecule has 0 unspecified atom stereocenters. The summed E-state index contributed by atoms with van der Waals surface area (Å²) in [6.45, 7) is 12.8. The molecule has 0 aromatic carbocycles. The van der Waals surface area contributed by atoms with Crippen molar-refractivity contribution in [2.75, 3.05) is 44.7 Å². The van der Waals surface area contributed by atoms with Crippen molar-refractivity contribution >= 4 is 5.82 Å². The molecule has 0 spiro atoms. The van der Waals surface area contributed by atoms with Gasteiger partial charge in [0.25, 0.3) is 0 Å². The number of anilines is 1. The lowest BCUT2D eigenvalue weighted by atomic mass is 10.3. The van der Waals surface area contributed by atoms with E-state index in [0.717, 1.165) is 57.2 Å². The molecule has 1 heterocycles. The number of aromatic nitrogens is 2. The normalized spacial score (nSPS) is 11.1. The van der Waals surface area contributed by atoms with Crippen LogP contribution >= 0.6 is 0 Å². The Morgan fingerprint density at radius 2 is 1.75 bits per heavy atom. The van der Waals surface area contributed by atoms with Gasteiger partial charge in [0.1, 0.15) is 0 Å². The summed E-state index contributed by atoms with van der Waals surface area (Å²) in [5.74, 6) is 0.979. The van der Waals surface area contributed by atoms with Crippen LogP contribution in [0.4, 0.5) is 5.82 Å². The first-order valence-corrected chi connectivity index (χ1v) is 7.69.